The van der Waals surface area contributed by atoms with Gasteiger partial charge in [-0.2, -0.15) is 0 Å². The van der Waals surface area contributed by atoms with Crippen molar-refractivity contribution in [2.75, 3.05) is 58.5 Å². The monoisotopic (exact) mass is 305 g/mol. The Balaban J connectivity index is 1.87. The van der Waals surface area contributed by atoms with Gasteiger partial charge in [0.1, 0.15) is 5.75 Å². The van der Waals surface area contributed by atoms with Crippen LogP contribution < -0.4 is 15.4 Å². The summed E-state index contributed by atoms with van der Waals surface area (Å²) in [4.78, 5) is 4.79. The molecule has 2 heterocycles. The minimum absolute atomic E-state index is 0.393. The van der Waals surface area contributed by atoms with E-state index in [-0.39, 0.29) is 0 Å². The van der Waals surface area contributed by atoms with Crippen LogP contribution >= 0.6 is 0 Å². The molecule has 0 spiro atoms. The van der Waals surface area contributed by atoms with Crippen molar-refractivity contribution in [2.45, 2.75) is 12.5 Å². The van der Waals surface area contributed by atoms with Gasteiger partial charge in [0, 0.05) is 36.9 Å². The molecule has 1 aromatic carbocycles. The molecule has 2 aliphatic heterocycles. The molecular formula is C17H27N3O2. The van der Waals surface area contributed by atoms with Crippen molar-refractivity contribution in [3.8, 4) is 5.75 Å². The van der Waals surface area contributed by atoms with E-state index in [4.69, 9.17) is 15.2 Å². The largest absolute Gasteiger partial charge is 0.496 e. The molecule has 2 fully saturated rings. The Bertz CT molecular complexity index is 503. The van der Waals surface area contributed by atoms with Gasteiger partial charge in [-0.05, 0) is 44.1 Å². The summed E-state index contributed by atoms with van der Waals surface area (Å²) in [5.74, 6) is 1.55. The molecule has 5 heteroatoms. The van der Waals surface area contributed by atoms with Crippen molar-refractivity contribution in [1.82, 2.24) is 4.90 Å². The summed E-state index contributed by atoms with van der Waals surface area (Å²) >= 11 is 0. The fourth-order valence-corrected chi connectivity index (χ4v) is 3.64. The molecule has 2 aliphatic rings. The van der Waals surface area contributed by atoms with Crippen LogP contribution in [0, 0.1) is 5.92 Å². The fraction of sp³-hybridized carbons (Fsp3) is 0.647. The lowest BCUT2D eigenvalue weighted by molar-refractivity contribution is 0.122. The Labute approximate surface area is 133 Å². The Kier molecular flexibility index (Phi) is 4.86. The van der Waals surface area contributed by atoms with Gasteiger partial charge in [0.05, 0.1) is 20.3 Å². The van der Waals surface area contributed by atoms with Crippen molar-refractivity contribution < 1.29 is 9.47 Å². The van der Waals surface area contributed by atoms with E-state index in [9.17, 15) is 0 Å². The molecule has 2 atom stereocenters. The number of anilines is 1. The Hall–Kier alpha value is -1.30. The van der Waals surface area contributed by atoms with Gasteiger partial charge >= 0.3 is 0 Å². The SMILES string of the molecule is COc1ccc(N2CCOCC2)cc1C1CC(CN)CN1C. The topological polar surface area (TPSA) is 51.0 Å². The van der Waals surface area contributed by atoms with Crippen molar-refractivity contribution >= 4 is 5.69 Å². The Morgan fingerprint density at radius 3 is 2.73 bits per heavy atom. The van der Waals surface area contributed by atoms with Crippen LogP contribution in [0.3, 0.4) is 0 Å². The van der Waals surface area contributed by atoms with Gasteiger partial charge in [0.15, 0.2) is 0 Å². The summed E-state index contributed by atoms with van der Waals surface area (Å²) in [5, 5.41) is 0. The van der Waals surface area contributed by atoms with E-state index < -0.39 is 0 Å². The number of ether oxygens (including phenoxy) is 2. The van der Waals surface area contributed by atoms with Gasteiger partial charge in [0.25, 0.3) is 0 Å². The number of morpholine rings is 1. The summed E-state index contributed by atoms with van der Waals surface area (Å²) in [6.07, 6.45) is 1.11. The molecule has 3 rings (SSSR count). The first-order valence-corrected chi connectivity index (χ1v) is 8.14. The number of benzene rings is 1. The van der Waals surface area contributed by atoms with E-state index in [2.05, 4.69) is 35.0 Å². The highest BCUT2D eigenvalue weighted by molar-refractivity contribution is 5.54. The number of methoxy groups -OCH3 is 1. The molecule has 2 unspecified atom stereocenters. The van der Waals surface area contributed by atoms with Crippen LogP contribution in [0.2, 0.25) is 0 Å². The third-order valence-electron chi connectivity index (χ3n) is 4.92. The summed E-state index contributed by atoms with van der Waals surface area (Å²) < 4.78 is 11.1. The molecular weight excluding hydrogens is 278 g/mol. The predicted octanol–water partition coefficient (Wildman–Crippen LogP) is 1.48. The van der Waals surface area contributed by atoms with Crippen molar-refractivity contribution in [3.63, 3.8) is 0 Å². The highest BCUT2D eigenvalue weighted by Gasteiger charge is 2.32. The van der Waals surface area contributed by atoms with Gasteiger partial charge < -0.3 is 20.1 Å². The van der Waals surface area contributed by atoms with Crippen LogP contribution in [-0.4, -0.2) is 58.5 Å². The number of rotatable bonds is 4. The smallest absolute Gasteiger partial charge is 0.123 e. The maximum atomic E-state index is 5.87. The number of hydrogen-bond acceptors (Lipinski definition) is 5. The molecule has 0 amide bonds. The van der Waals surface area contributed by atoms with Crippen molar-refractivity contribution in [2.24, 2.45) is 11.7 Å². The predicted molar refractivity (Wildman–Crippen MR) is 88.6 cm³/mol. The number of likely N-dealkylation sites (tertiary alicyclic amines) is 1. The lowest BCUT2D eigenvalue weighted by Crippen LogP contribution is -2.36. The first-order chi connectivity index (χ1) is 10.7. The molecule has 2 N–H and O–H groups in total. The van der Waals surface area contributed by atoms with Crippen LogP contribution in [0.4, 0.5) is 5.69 Å². The Morgan fingerprint density at radius 2 is 2.09 bits per heavy atom. The Morgan fingerprint density at radius 1 is 1.32 bits per heavy atom. The van der Waals surface area contributed by atoms with E-state index in [1.54, 1.807) is 7.11 Å². The average molecular weight is 305 g/mol. The normalized spacial score (nSPS) is 26.4. The highest BCUT2D eigenvalue weighted by Crippen LogP contribution is 2.40. The van der Waals surface area contributed by atoms with Crippen LogP contribution in [0.15, 0.2) is 18.2 Å². The van der Waals surface area contributed by atoms with Gasteiger partial charge in [0.2, 0.25) is 0 Å². The number of hydrogen-bond donors (Lipinski definition) is 1. The first-order valence-electron chi connectivity index (χ1n) is 8.14. The zero-order valence-corrected chi connectivity index (χ0v) is 13.6. The van der Waals surface area contributed by atoms with Crippen LogP contribution in [0.1, 0.15) is 18.0 Å². The van der Waals surface area contributed by atoms with Gasteiger partial charge in [-0.3, -0.25) is 4.90 Å². The molecule has 0 radical (unpaired) electrons. The standard InChI is InChI=1S/C17H27N3O2/c1-19-12-13(11-18)9-16(19)15-10-14(3-4-17(15)21-2)20-5-7-22-8-6-20/h3-4,10,13,16H,5-9,11-12,18H2,1-2H3. The second kappa shape index (κ2) is 6.86. The van der Waals surface area contributed by atoms with Crippen LogP contribution in [0.25, 0.3) is 0 Å². The lowest BCUT2D eigenvalue weighted by Gasteiger charge is -2.30. The van der Waals surface area contributed by atoms with Crippen molar-refractivity contribution in [3.05, 3.63) is 23.8 Å². The van der Waals surface area contributed by atoms with E-state index in [1.807, 2.05) is 0 Å². The average Bonchev–Trinajstić information content (AvgIpc) is 2.96. The zero-order chi connectivity index (χ0) is 15.5. The number of nitrogens with zero attached hydrogens (tertiary/aromatic N) is 2. The molecule has 5 nitrogen and oxygen atoms in total. The van der Waals surface area contributed by atoms with Gasteiger partial charge in [-0.25, -0.2) is 0 Å². The fourth-order valence-electron chi connectivity index (χ4n) is 3.64. The second-order valence-corrected chi connectivity index (χ2v) is 6.32. The quantitative estimate of drug-likeness (QED) is 0.913. The maximum Gasteiger partial charge on any atom is 0.123 e. The molecule has 1 aromatic rings. The summed E-state index contributed by atoms with van der Waals surface area (Å²) in [6.45, 7) is 5.34. The van der Waals surface area contributed by atoms with Gasteiger partial charge in [-0.15, -0.1) is 0 Å². The second-order valence-electron chi connectivity index (χ2n) is 6.32. The molecule has 22 heavy (non-hydrogen) atoms. The van der Waals surface area contributed by atoms with Crippen LogP contribution in [0.5, 0.6) is 5.75 Å². The molecule has 0 saturated carbocycles. The van der Waals surface area contributed by atoms with Crippen LogP contribution in [-0.2, 0) is 4.74 Å². The molecule has 0 bridgehead atoms. The van der Waals surface area contributed by atoms with E-state index in [0.29, 0.717) is 12.0 Å². The lowest BCUT2D eigenvalue weighted by atomic mass is 9.98. The minimum Gasteiger partial charge on any atom is -0.496 e. The molecule has 0 aromatic heterocycles. The summed E-state index contributed by atoms with van der Waals surface area (Å²) in [5.41, 5.74) is 8.42. The summed E-state index contributed by atoms with van der Waals surface area (Å²) in [7, 11) is 3.93. The zero-order valence-electron chi connectivity index (χ0n) is 13.6. The van der Waals surface area contributed by atoms with Crippen molar-refractivity contribution in [1.29, 1.82) is 0 Å². The number of nitrogens with two attached hydrogens (primary N) is 1. The van der Waals surface area contributed by atoms with E-state index in [0.717, 1.165) is 51.6 Å². The molecule has 2 saturated heterocycles. The maximum absolute atomic E-state index is 5.87. The molecule has 0 aliphatic carbocycles. The summed E-state index contributed by atoms with van der Waals surface area (Å²) in [6, 6.07) is 6.95. The highest BCUT2D eigenvalue weighted by atomic mass is 16.5. The van der Waals surface area contributed by atoms with E-state index in [1.165, 1.54) is 11.3 Å². The first kappa shape index (κ1) is 15.6. The van der Waals surface area contributed by atoms with Gasteiger partial charge in [-0.1, -0.05) is 0 Å². The van der Waals surface area contributed by atoms with E-state index >= 15 is 0 Å². The molecule has 122 valence electrons. The third kappa shape index (κ3) is 3.07. The third-order valence-corrected chi connectivity index (χ3v) is 4.92. The minimum atomic E-state index is 0.393.